The van der Waals surface area contributed by atoms with Crippen molar-refractivity contribution in [3.8, 4) is 0 Å². The Labute approximate surface area is 100 Å². The summed E-state index contributed by atoms with van der Waals surface area (Å²) in [6, 6.07) is 1.61. The van der Waals surface area contributed by atoms with E-state index in [1.807, 2.05) is 0 Å². The van der Waals surface area contributed by atoms with Crippen LogP contribution >= 0.6 is 0 Å². The maximum Gasteiger partial charge on any atom is 0.292 e. The fraction of sp³-hybridized carbons (Fsp3) is 0.667. The first-order chi connectivity index (χ1) is 8.00. The van der Waals surface area contributed by atoms with Crippen LogP contribution < -0.4 is 0 Å². The molecule has 94 valence electrons. The van der Waals surface area contributed by atoms with Gasteiger partial charge in [-0.05, 0) is 19.8 Å². The van der Waals surface area contributed by atoms with Gasteiger partial charge in [-0.2, -0.15) is 0 Å². The second kappa shape index (κ2) is 4.49. The molecule has 1 heterocycles. The van der Waals surface area contributed by atoms with E-state index in [1.54, 1.807) is 20.0 Å². The average Bonchev–Trinajstić information content (AvgIpc) is 2.86. The molecule has 5 nitrogen and oxygen atoms in total. The van der Waals surface area contributed by atoms with Crippen molar-refractivity contribution in [2.75, 3.05) is 13.6 Å². The van der Waals surface area contributed by atoms with Crippen LogP contribution in [0.2, 0.25) is 0 Å². The van der Waals surface area contributed by atoms with Gasteiger partial charge in [0.25, 0.3) is 5.91 Å². The highest BCUT2D eigenvalue weighted by atomic mass is 16.5. The van der Waals surface area contributed by atoms with Crippen molar-refractivity contribution in [3.63, 3.8) is 0 Å². The van der Waals surface area contributed by atoms with E-state index in [2.05, 4.69) is 5.16 Å². The van der Waals surface area contributed by atoms with E-state index < -0.39 is 5.60 Å². The van der Waals surface area contributed by atoms with Gasteiger partial charge in [0.15, 0.2) is 0 Å². The Morgan fingerprint density at radius 1 is 1.59 bits per heavy atom. The molecule has 2 rings (SSSR count). The third kappa shape index (κ3) is 2.66. The van der Waals surface area contributed by atoms with Crippen molar-refractivity contribution >= 4 is 5.91 Å². The number of rotatable bonds is 3. The lowest BCUT2D eigenvalue weighted by molar-refractivity contribution is 0.0144. The van der Waals surface area contributed by atoms with Crippen LogP contribution in [0.1, 0.15) is 41.9 Å². The van der Waals surface area contributed by atoms with E-state index in [1.165, 1.54) is 4.90 Å². The molecule has 0 saturated heterocycles. The van der Waals surface area contributed by atoms with E-state index in [-0.39, 0.29) is 11.7 Å². The highest BCUT2D eigenvalue weighted by Crippen LogP contribution is 2.30. The van der Waals surface area contributed by atoms with Crippen LogP contribution in [-0.4, -0.2) is 40.3 Å². The van der Waals surface area contributed by atoms with Crippen LogP contribution in [0, 0.1) is 6.92 Å². The van der Waals surface area contributed by atoms with Crippen molar-refractivity contribution in [2.45, 2.75) is 38.2 Å². The van der Waals surface area contributed by atoms with E-state index >= 15 is 0 Å². The number of carbonyl (C=O) groups excluding carboxylic acids is 1. The maximum atomic E-state index is 12.0. The zero-order valence-corrected chi connectivity index (χ0v) is 10.3. The maximum absolute atomic E-state index is 12.0. The Balaban J connectivity index is 2.00. The van der Waals surface area contributed by atoms with Crippen LogP contribution in [0.15, 0.2) is 10.6 Å². The molecular weight excluding hydrogens is 220 g/mol. The summed E-state index contributed by atoms with van der Waals surface area (Å²) in [5, 5.41) is 13.9. The number of carbonyl (C=O) groups is 1. The standard InChI is InChI=1S/C12H18N2O3/c1-9-7-10(17-13-9)11(15)14(2)8-12(16)5-3-4-6-12/h7,16H,3-6,8H2,1-2H3. The minimum atomic E-state index is -0.723. The predicted molar refractivity (Wildman–Crippen MR) is 61.6 cm³/mol. The number of likely N-dealkylation sites (N-methyl/N-ethyl adjacent to an activating group) is 1. The Kier molecular flexibility index (Phi) is 3.19. The Morgan fingerprint density at radius 2 is 2.24 bits per heavy atom. The highest BCUT2D eigenvalue weighted by Gasteiger charge is 2.34. The molecule has 1 saturated carbocycles. The van der Waals surface area contributed by atoms with Crippen molar-refractivity contribution in [1.82, 2.24) is 10.1 Å². The number of aliphatic hydroxyl groups is 1. The minimum Gasteiger partial charge on any atom is -0.388 e. The summed E-state index contributed by atoms with van der Waals surface area (Å²) < 4.78 is 4.92. The molecule has 0 bridgehead atoms. The SMILES string of the molecule is Cc1cc(C(=O)N(C)CC2(O)CCCC2)on1. The Hall–Kier alpha value is -1.36. The van der Waals surface area contributed by atoms with Crippen molar-refractivity contribution in [2.24, 2.45) is 0 Å². The van der Waals surface area contributed by atoms with Gasteiger partial charge in [-0.1, -0.05) is 18.0 Å². The van der Waals surface area contributed by atoms with Gasteiger partial charge in [-0.3, -0.25) is 4.79 Å². The summed E-state index contributed by atoms with van der Waals surface area (Å²) in [6.07, 6.45) is 3.58. The molecule has 1 aromatic rings. The summed E-state index contributed by atoms with van der Waals surface area (Å²) >= 11 is 0. The van der Waals surface area contributed by atoms with E-state index in [9.17, 15) is 9.90 Å². The second-order valence-corrected chi connectivity index (χ2v) is 4.93. The molecule has 1 aliphatic carbocycles. The van der Waals surface area contributed by atoms with Crippen LogP contribution in [-0.2, 0) is 0 Å². The van der Waals surface area contributed by atoms with E-state index in [4.69, 9.17) is 4.52 Å². The lowest BCUT2D eigenvalue weighted by Gasteiger charge is -2.27. The van der Waals surface area contributed by atoms with E-state index in [0.717, 1.165) is 25.7 Å². The molecule has 0 aliphatic heterocycles. The molecule has 1 aliphatic rings. The largest absolute Gasteiger partial charge is 0.388 e. The molecule has 0 atom stereocenters. The van der Waals surface area contributed by atoms with Gasteiger partial charge in [-0.15, -0.1) is 0 Å². The molecule has 0 unspecified atom stereocenters. The van der Waals surface area contributed by atoms with Gasteiger partial charge < -0.3 is 14.5 Å². The van der Waals surface area contributed by atoms with Gasteiger partial charge >= 0.3 is 0 Å². The fourth-order valence-electron chi connectivity index (χ4n) is 2.36. The van der Waals surface area contributed by atoms with Gasteiger partial charge in [0.2, 0.25) is 5.76 Å². The summed E-state index contributed by atoms with van der Waals surface area (Å²) in [6.45, 7) is 2.12. The topological polar surface area (TPSA) is 66.6 Å². The normalized spacial score (nSPS) is 18.3. The number of aryl methyl sites for hydroxylation is 1. The average molecular weight is 238 g/mol. The summed E-state index contributed by atoms with van der Waals surface area (Å²) in [7, 11) is 1.68. The second-order valence-electron chi connectivity index (χ2n) is 4.93. The van der Waals surface area contributed by atoms with Gasteiger partial charge in [-0.25, -0.2) is 0 Å². The molecule has 1 fully saturated rings. The van der Waals surface area contributed by atoms with Crippen molar-refractivity contribution < 1.29 is 14.4 Å². The zero-order valence-electron chi connectivity index (χ0n) is 10.3. The number of amides is 1. The molecule has 1 amide bonds. The van der Waals surface area contributed by atoms with Crippen molar-refractivity contribution in [1.29, 1.82) is 0 Å². The number of hydrogen-bond donors (Lipinski definition) is 1. The molecule has 1 N–H and O–H groups in total. The number of hydrogen-bond acceptors (Lipinski definition) is 4. The van der Waals surface area contributed by atoms with Crippen molar-refractivity contribution in [3.05, 3.63) is 17.5 Å². The van der Waals surface area contributed by atoms with E-state index in [0.29, 0.717) is 12.2 Å². The zero-order chi connectivity index (χ0) is 12.5. The van der Waals surface area contributed by atoms with Gasteiger partial charge in [0.05, 0.1) is 11.3 Å². The summed E-state index contributed by atoms with van der Waals surface area (Å²) in [4.78, 5) is 13.5. The van der Waals surface area contributed by atoms with Gasteiger partial charge in [0.1, 0.15) is 0 Å². The molecular formula is C12H18N2O3. The first kappa shape index (κ1) is 12.1. The highest BCUT2D eigenvalue weighted by molar-refractivity contribution is 5.91. The van der Waals surface area contributed by atoms with Crippen LogP contribution in [0.25, 0.3) is 0 Å². The molecule has 17 heavy (non-hydrogen) atoms. The van der Waals surface area contributed by atoms with Crippen LogP contribution in [0.3, 0.4) is 0 Å². The molecule has 1 aromatic heterocycles. The summed E-state index contributed by atoms with van der Waals surface area (Å²) in [5.41, 5.74) is -0.0410. The molecule has 0 radical (unpaired) electrons. The molecule has 5 heteroatoms. The van der Waals surface area contributed by atoms with Crippen LogP contribution in [0.4, 0.5) is 0 Å². The minimum absolute atomic E-state index is 0.228. The fourth-order valence-corrected chi connectivity index (χ4v) is 2.36. The lowest BCUT2D eigenvalue weighted by atomic mass is 10.0. The number of nitrogens with zero attached hydrogens (tertiary/aromatic N) is 2. The third-order valence-corrected chi connectivity index (χ3v) is 3.25. The third-order valence-electron chi connectivity index (χ3n) is 3.25. The Bertz CT molecular complexity index is 408. The molecule has 0 aromatic carbocycles. The lowest BCUT2D eigenvalue weighted by Crippen LogP contribution is -2.41. The first-order valence-electron chi connectivity index (χ1n) is 5.91. The molecule has 0 spiro atoms. The summed E-state index contributed by atoms with van der Waals surface area (Å²) in [5.74, 6) is -0.00229. The van der Waals surface area contributed by atoms with Gasteiger partial charge in [0, 0.05) is 19.7 Å². The smallest absolute Gasteiger partial charge is 0.292 e. The first-order valence-corrected chi connectivity index (χ1v) is 5.91. The monoisotopic (exact) mass is 238 g/mol. The quantitative estimate of drug-likeness (QED) is 0.863. The Morgan fingerprint density at radius 3 is 2.76 bits per heavy atom. The number of aromatic nitrogens is 1. The van der Waals surface area contributed by atoms with Crippen LogP contribution in [0.5, 0.6) is 0 Å². The predicted octanol–water partition coefficient (Wildman–Crippen LogP) is 1.36.